The maximum atomic E-state index is 11.7. The third-order valence-electron chi connectivity index (χ3n) is 7.68. The van der Waals surface area contributed by atoms with Gasteiger partial charge in [-0.05, 0) is 69.1 Å². The third-order valence-corrected chi connectivity index (χ3v) is 8.99. The molecule has 0 aliphatic carbocycles. The molecule has 2 unspecified atom stereocenters. The molecule has 6 fully saturated rings. The first-order valence-corrected chi connectivity index (χ1v) is 16.3. The van der Waals surface area contributed by atoms with Crippen LogP contribution in [-0.2, 0) is 14.3 Å². The molecule has 6 saturated heterocycles. The fourth-order valence-electron chi connectivity index (χ4n) is 5.45. The Morgan fingerprint density at radius 3 is 1.86 bits per heavy atom. The number of esters is 1. The monoisotopic (exact) mass is 678 g/mol. The van der Waals surface area contributed by atoms with Gasteiger partial charge in [-0.1, -0.05) is 44.7 Å². The van der Waals surface area contributed by atoms with E-state index in [1.54, 1.807) is 4.90 Å². The summed E-state index contributed by atoms with van der Waals surface area (Å²) in [4.78, 5) is 25.8. The minimum atomic E-state index is -0.218. The Balaban J connectivity index is 0.000000291. The minimum Gasteiger partial charge on any atom is -1.00 e. The van der Waals surface area contributed by atoms with Gasteiger partial charge in [-0.2, -0.15) is 0 Å². The van der Waals surface area contributed by atoms with Crippen molar-refractivity contribution in [1.29, 1.82) is 0 Å². The summed E-state index contributed by atoms with van der Waals surface area (Å²) in [6.45, 7) is 7.00. The van der Waals surface area contributed by atoms with E-state index < -0.39 is 0 Å². The maximum absolute atomic E-state index is 11.7. The first-order chi connectivity index (χ1) is 16.9. The quantitative estimate of drug-likeness (QED) is 0.147. The largest absolute Gasteiger partial charge is 1.00 e. The standard InChI is InChI=1S/C13H22BrNO2.C7H13NO.C6H10BrClO.ClH/c14-7-3-1-2-4-13(16)17-12-10-15-8-5-11(12)6-9-15;9-7-5-8-3-1-6(7)2-4-8;7-5-3-1-2-4-6(8)9;/h11-12H,1-10H2;6-7,9H,1-5H2;1-5H2;1H. The summed E-state index contributed by atoms with van der Waals surface area (Å²) in [5.74, 6) is 1.31. The highest BCUT2D eigenvalue weighted by atomic mass is 79.9. The molecule has 36 heavy (non-hydrogen) atoms. The lowest BCUT2D eigenvalue weighted by molar-refractivity contribution is -0.920. The lowest BCUT2D eigenvalue weighted by Crippen LogP contribution is -3.16. The van der Waals surface area contributed by atoms with Gasteiger partial charge in [0, 0.05) is 48.8 Å². The van der Waals surface area contributed by atoms with Crippen LogP contribution in [0.1, 0.15) is 77.0 Å². The summed E-state index contributed by atoms with van der Waals surface area (Å²) in [5.41, 5.74) is 0. The number of fused-ring (bicyclic) bond motifs is 6. The molecule has 6 aliphatic heterocycles. The lowest BCUT2D eigenvalue weighted by Gasteiger charge is -2.42. The van der Waals surface area contributed by atoms with E-state index in [-0.39, 0.29) is 35.8 Å². The number of quaternary nitrogens is 1. The van der Waals surface area contributed by atoms with Crippen molar-refractivity contribution in [2.45, 2.75) is 89.3 Å². The van der Waals surface area contributed by atoms with Gasteiger partial charge in [0.25, 0.3) is 0 Å². The number of nitrogens with zero attached hydrogens (tertiary/aromatic N) is 1. The van der Waals surface area contributed by atoms with Gasteiger partial charge in [0.2, 0.25) is 5.24 Å². The van der Waals surface area contributed by atoms with Crippen LogP contribution in [0.3, 0.4) is 0 Å². The number of unbranched alkanes of at least 4 members (excludes halogenated alkanes) is 4. The van der Waals surface area contributed by atoms with E-state index >= 15 is 0 Å². The molecule has 4 bridgehead atoms. The molecule has 10 heteroatoms. The number of carbonyl (C=O) groups excluding carboxylic acids is 2. The summed E-state index contributed by atoms with van der Waals surface area (Å²) < 4.78 is 5.63. The van der Waals surface area contributed by atoms with Gasteiger partial charge in [-0.25, -0.2) is 0 Å². The molecule has 0 saturated carbocycles. The molecule has 6 rings (SSSR count). The predicted molar refractivity (Wildman–Crippen MR) is 149 cm³/mol. The van der Waals surface area contributed by atoms with Crippen molar-refractivity contribution in [3.63, 3.8) is 0 Å². The van der Waals surface area contributed by atoms with Gasteiger partial charge in [0.1, 0.15) is 6.54 Å². The second-order valence-electron chi connectivity index (χ2n) is 10.4. The zero-order valence-electron chi connectivity index (χ0n) is 21.6. The average Bonchev–Trinajstić information content (AvgIpc) is 2.87. The van der Waals surface area contributed by atoms with E-state index in [0.717, 1.165) is 62.3 Å². The number of hydrogen-bond donors (Lipinski definition) is 2. The van der Waals surface area contributed by atoms with Gasteiger partial charge in [0.15, 0.2) is 6.10 Å². The molecule has 2 atom stereocenters. The number of nitrogens with one attached hydrogen (secondary N) is 1. The molecule has 6 heterocycles. The summed E-state index contributed by atoms with van der Waals surface area (Å²) >= 11 is 11.8. The molecule has 0 amide bonds. The third kappa shape index (κ3) is 14.1. The smallest absolute Gasteiger partial charge is 0.306 e. The van der Waals surface area contributed by atoms with Gasteiger partial charge >= 0.3 is 5.97 Å². The first-order valence-electron chi connectivity index (χ1n) is 13.7. The zero-order valence-corrected chi connectivity index (χ0v) is 26.3. The number of halogens is 4. The van der Waals surface area contributed by atoms with Gasteiger partial charge in [-0.3, -0.25) is 9.59 Å². The van der Waals surface area contributed by atoms with Crippen molar-refractivity contribution in [3.05, 3.63) is 0 Å². The van der Waals surface area contributed by atoms with E-state index in [4.69, 9.17) is 16.3 Å². The summed E-state index contributed by atoms with van der Waals surface area (Å²) in [5, 5.41) is 11.2. The highest BCUT2D eigenvalue weighted by Crippen LogP contribution is 2.27. The van der Waals surface area contributed by atoms with Crippen LogP contribution in [0.4, 0.5) is 0 Å². The molecule has 6 nitrogen and oxygen atoms in total. The van der Waals surface area contributed by atoms with Crippen LogP contribution in [0.15, 0.2) is 0 Å². The number of alkyl halides is 2. The minimum absolute atomic E-state index is 0. The molecule has 212 valence electrons. The van der Waals surface area contributed by atoms with Crippen LogP contribution in [0, 0.1) is 11.8 Å². The second-order valence-corrected chi connectivity index (χ2v) is 12.4. The van der Waals surface area contributed by atoms with E-state index in [9.17, 15) is 14.7 Å². The fraction of sp³-hybridized carbons (Fsp3) is 0.923. The Kier molecular flexibility index (Phi) is 19.7. The van der Waals surface area contributed by atoms with Crippen LogP contribution in [0.2, 0.25) is 0 Å². The van der Waals surface area contributed by atoms with Gasteiger partial charge in [-0.15, -0.1) is 0 Å². The summed E-state index contributed by atoms with van der Waals surface area (Å²) in [6, 6.07) is 0. The lowest BCUT2D eigenvalue weighted by atomic mass is 9.86. The van der Waals surface area contributed by atoms with Crippen LogP contribution in [0.5, 0.6) is 0 Å². The summed E-state index contributed by atoms with van der Waals surface area (Å²) in [6.07, 6.45) is 12.7. The second kappa shape index (κ2) is 20.5. The number of aliphatic hydroxyl groups excluding tert-OH is 1. The molecule has 2 N–H and O–H groups in total. The number of carbonyl (C=O) groups is 2. The van der Waals surface area contributed by atoms with Crippen molar-refractivity contribution in [1.82, 2.24) is 4.90 Å². The SMILES string of the molecule is O=C(CCCCCBr)OC1C[NH+]2CCC1CC2.O=C(Cl)CCCCCBr.OC1CN2CCC1CC2.[Cl-]. The van der Waals surface area contributed by atoms with E-state index in [1.807, 2.05) is 0 Å². The van der Waals surface area contributed by atoms with Crippen molar-refractivity contribution in [3.8, 4) is 0 Å². The molecular weight excluding hydrogens is 635 g/mol. The number of rotatable bonds is 11. The van der Waals surface area contributed by atoms with Crippen LogP contribution in [0.25, 0.3) is 0 Å². The zero-order chi connectivity index (χ0) is 25.5. The number of aliphatic hydroxyl groups is 1. The maximum Gasteiger partial charge on any atom is 0.306 e. The van der Waals surface area contributed by atoms with Crippen LogP contribution < -0.4 is 17.3 Å². The Hall–Kier alpha value is 0.560. The molecule has 6 aliphatic rings. The molecule has 0 aromatic rings. The fourth-order valence-corrected chi connectivity index (χ4v) is 6.38. The van der Waals surface area contributed by atoms with E-state index in [1.165, 1.54) is 51.9 Å². The topological polar surface area (TPSA) is 71.3 Å². The normalized spacial score (nSPS) is 29.7. The Morgan fingerprint density at radius 2 is 1.47 bits per heavy atom. The number of piperidine rings is 6. The number of hydrogen-bond acceptors (Lipinski definition) is 5. The molecule has 0 radical (unpaired) electrons. The Morgan fingerprint density at radius 1 is 0.889 bits per heavy atom. The van der Waals surface area contributed by atoms with Crippen LogP contribution in [-0.4, -0.2) is 83.4 Å². The van der Waals surface area contributed by atoms with Crippen molar-refractivity contribution >= 4 is 54.7 Å². The van der Waals surface area contributed by atoms with Crippen molar-refractivity contribution < 1.29 is 36.7 Å². The average molecular weight is 681 g/mol. The van der Waals surface area contributed by atoms with Gasteiger partial charge < -0.3 is 32.1 Å². The van der Waals surface area contributed by atoms with E-state index in [0.29, 0.717) is 24.7 Å². The predicted octanol–water partition coefficient (Wildman–Crippen LogP) is 0.946. The molecule has 0 spiro atoms. The highest BCUT2D eigenvalue weighted by Gasteiger charge is 2.39. The van der Waals surface area contributed by atoms with Crippen LogP contribution >= 0.6 is 43.5 Å². The van der Waals surface area contributed by atoms with E-state index in [2.05, 4.69) is 36.8 Å². The van der Waals surface area contributed by atoms with Crippen molar-refractivity contribution in [2.75, 3.05) is 49.9 Å². The van der Waals surface area contributed by atoms with Crippen molar-refractivity contribution in [2.24, 2.45) is 11.8 Å². The Bertz CT molecular complexity index is 604. The highest BCUT2D eigenvalue weighted by molar-refractivity contribution is 9.09. The van der Waals surface area contributed by atoms with Gasteiger partial charge in [0.05, 0.1) is 19.2 Å². The molecular formula is C26H46Br2Cl2N2O4. The Labute approximate surface area is 246 Å². The first kappa shape index (κ1) is 34.6. The molecule has 0 aromatic heterocycles. The molecule has 0 aromatic carbocycles. The number of ether oxygens (including phenoxy) is 1. The summed E-state index contributed by atoms with van der Waals surface area (Å²) in [7, 11) is 0.